The second-order valence-corrected chi connectivity index (χ2v) is 13.2. The van der Waals surface area contributed by atoms with Crippen molar-refractivity contribution in [3.63, 3.8) is 0 Å². The van der Waals surface area contributed by atoms with Gasteiger partial charge in [-0.25, -0.2) is 13.6 Å². The maximum atomic E-state index is 13.6. The summed E-state index contributed by atoms with van der Waals surface area (Å²) in [6.07, 6.45) is -3.74. The topological polar surface area (TPSA) is 119 Å². The van der Waals surface area contributed by atoms with Crippen molar-refractivity contribution in [1.82, 2.24) is 10.2 Å². The Balaban J connectivity index is 1.40. The Labute approximate surface area is 249 Å². The summed E-state index contributed by atoms with van der Waals surface area (Å²) in [5.74, 6) is -1.90. The monoisotopic (exact) mass is 617 g/mol. The zero-order chi connectivity index (χ0) is 31.6. The predicted molar refractivity (Wildman–Crippen MR) is 155 cm³/mol. The van der Waals surface area contributed by atoms with E-state index in [2.05, 4.69) is 10.1 Å². The number of nitrogens with one attached hydrogen (secondary N) is 1. The summed E-state index contributed by atoms with van der Waals surface area (Å²) >= 11 is 0. The summed E-state index contributed by atoms with van der Waals surface area (Å²) in [6.45, 7) is 4.41. The largest absolute Gasteiger partial charge is 0.573 e. The first kappa shape index (κ1) is 32.0. The van der Waals surface area contributed by atoms with Gasteiger partial charge in [-0.3, -0.25) is 9.59 Å². The van der Waals surface area contributed by atoms with Gasteiger partial charge >= 0.3 is 6.36 Å². The number of amides is 2. The Morgan fingerprint density at radius 3 is 2.14 bits per heavy atom. The minimum Gasteiger partial charge on any atom is -0.406 e. The van der Waals surface area contributed by atoms with E-state index < -0.39 is 28.2 Å². The highest BCUT2D eigenvalue weighted by molar-refractivity contribution is 7.89. The molecule has 43 heavy (non-hydrogen) atoms. The smallest absolute Gasteiger partial charge is 0.406 e. The molecule has 4 rings (SSSR count). The first-order valence-electron chi connectivity index (χ1n) is 13.6. The molecule has 8 nitrogen and oxygen atoms in total. The number of ether oxygens (including phenoxy) is 1. The van der Waals surface area contributed by atoms with Crippen molar-refractivity contribution in [2.75, 3.05) is 7.05 Å². The van der Waals surface area contributed by atoms with Crippen molar-refractivity contribution in [2.24, 2.45) is 22.4 Å². The molecule has 3 aromatic carbocycles. The van der Waals surface area contributed by atoms with Crippen LogP contribution in [0.3, 0.4) is 0 Å². The Morgan fingerprint density at radius 1 is 0.953 bits per heavy atom. The number of alkyl halides is 3. The minimum atomic E-state index is -4.79. The van der Waals surface area contributed by atoms with Gasteiger partial charge in [-0.2, -0.15) is 0 Å². The van der Waals surface area contributed by atoms with Gasteiger partial charge in [0.05, 0.1) is 16.7 Å². The average molecular weight is 618 g/mol. The summed E-state index contributed by atoms with van der Waals surface area (Å²) < 4.78 is 65.1. The highest BCUT2D eigenvalue weighted by Crippen LogP contribution is 2.46. The standard InChI is InChI=1S/C31H34F3N3O5S/c1-30(2)16-25(28(38)36-18-20-10-14-23(15-11-20)42-31(32,33)34)26(17-30)29(39)37(3)19-21-8-12-22(13-9-21)24-6-4-5-7-27(24)43(35,40)41/h4-15,25-26H,16-19H2,1-3H3,(H,36,38)(H2,35,40,41)/t25-,26-/m1/s1. The van der Waals surface area contributed by atoms with Crippen LogP contribution < -0.4 is 15.2 Å². The molecular weight excluding hydrogens is 583 g/mol. The molecular formula is C31H34F3N3O5S. The summed E-state index contributed by atoms with van der Waals surface area (Å²) in [6, 6.07) is 18.9. The molecule has 1 aliphatic rings. The van der Waals surface area contributed by atoms with E-state index in [0.29, 0.717) is 29.5 Å². The van der Waals surface area contributed by atoms with Gasteiger partial charge in [-0.1, -0.05) is 68.4 Å². The molecule has 1 aliphatic carbocycles. The maximum absolute atomic E-state index is 13.6. The van der Waals surface area contributed by atoms with Crippen LogP contribution >= 0.6 is 0 Å². The van der Waals surface area contributed by atoms with Gasteiger partial charge in [-0.15, -0.1) is 13.2 Å². The molecule has 3 aromatic rings. The number of nitrogens with two attached hydrogens (primary N) is 1. The Bertz CT molecular complexity index is 1570. The van der Waals surface area contributed by atoms with Crippen molar-refractivity contribution >= 4 is 21.8 Å². The van der Waals surface area contributed by atoms with Gasteiger partial charge in [0, 0.05) is 25.7 Å². The lowest BCUT2D eigenvalue weighted by atomic mass is 9.90. The van der Waals surface area contributed by atoms with Crippen LogP contribution in [0.4, 0.5) is 13.2 Å². The van der Waals surface area contributed by atoms with E-state index in [1.165, 1.54) is 30.3 Å². The number of sulfonamides is 1. The van der Waals surface area contributed by atoms with E-state index in [1.54, 1.807) is 42.3 Å². The summed E-state index contributed by atoms with van der Waals surface area (Å²) in [7, 11) is -2.23. The van der Waals surface area contributed by atoms with Crippen LogP contribution in [0.25, 0.3) is 11.1 Å². The van der Waals surface area contributed by atoms with Crippen LogP contribution in [0.15, 0.2) is 77.7 Å². The van der Waals surface area contributed by atoms with E-state index in [9.17, 15) is 31.2 Å². The molecule has 2 atom stereocenters. The lowest BCUT2D eigenvalue weighted by molar-refractivity contribution is -0.274. The van der Waals surface area contributed by atoms with Crippen LogP contribution in [0, 0.1) is 17.3 Å². The number of carbonyl (C=O) groups is 2. The maximum Gasteiger partial charge on any atom is 0.573 e. The molecule has 0 spiro atoms. The molecule has 1 fully saturated rings. The predicted octanol–water partition coefficient (Wildman–Crippen LogP) is 5.23. The van der Waals surface area contributed by atoms with Gasteiger partial charge in [0.25, 0.3) is 0 Å². The molecule has 0 bridgehead atoms. The third-order valence-corrected chi connectivity index (χ3v) is 8.53. The second kappa shape index (κ2) is 12.4. The fourth-order valence-electron chi connectivity index (χ4n) is 5.60. The highest BCUT2D eigenvalue weighted by Gasteiger charge is 2.47. The van der Waals surface area contributed by atoms with E-state index in [1.807, 2.05) is 26.0 Å². The number of halogens is 3. The molecule has 0 heterocycles. The third kappa shape index (κ3) is 8.35. The SMILES string of the molecule is CN(Cc1ccc(-c2ccccc2S(N)(=O)=O)cc1)C(=O)[C@@H]1CC(C)(C)C[C@H]1C(=O)NCc1ccc(OC(F)(F)F)cc1. The van der Waals surface area contributed by atoms with Gasteiger partial charge in [0.1, 0.15) is 5.75 Å². The van der Waals surface area contributed by atoms with E-state index >= 15 is 0 Å². The summed E-state index contributed by atoms with van der Waals surface area (Å²) in [5, 5.41) is 8.20. The molecule has 0 unspecified atom stereocenters. The fraction of sp³-hybridized carbons (Fsp3) is 0.355. The number of primary sulfonamides is 1. The van der Waals surface area contributed by atoms with E-state index in [-0.39, 0.29) is 41.0 Å². The molecule has 2 amide bonds. The lowest BCUT2D eigenvalue weighted by Crippen LogP contribution is -2.40. The zero-order valence-electron chi connectivity index (χ0n) is 24.0. The molecule has 0 saturated heterocycles. The first-order valence-corrected chi connectivity index (χ1v) is 15.2. The van der Waals surface area contributed by atoms with Crippen LogP contribution in [-0.4, -0.2) is 38.5 Å². The van der Waals surface area contributed by atoms with Gasteiger partial charge < -0.3 is 15.0 Å². The van der Waals surface area contributed by atoms with E-state index in [0.717, 1.165) is 5.56 Å². The third-order valence-electron chi connectivity index (χ3n) is 7.56. The second-order valence-electron chi connectivity index (χ2n) is 11.6. The van der Waals surface area contributed by atoms with E-state index in [4.69, 9.17) is 5.14 Å². The van der Waals surface area contributed by atoms with Crippen LogP contribution in [-0.2, 0) is 32.7 Å². The van der Waals surface area contributed by atoms with Gasteiger partial charge in [0.15, 0.2) is 0 Å². The van der Waals surface area contributed by atoms with Crippen molar-refractivity contribution < 1.29 is 35.9 Å². The number of rotatable bonds is 9. The molecule has 0 aliphatic heterocycles. The molecule has 3 N–H and O–H groups in total. The molecule has 0 radical (unpaired) electrons. The lowest BCUT2D eigenvalue weighted by Gasteiger charge is -2.25. The Hall–Kier alpha value is -3.90. The average Bonchev–Trinajstić information content (AvgIpc) is 3.26. The fourth-order valence-corrected chi connectivity index (χ4v) is 6.36. The minimum absolute atomic E-state index is 0.0238. The zero-order valence-corrected chi connectivity index (χ0v) is 24.8. The van der Waals surface area contributed by atoms with Crippen LogP contribution in [0.5, 0.6) is 5.75 Å². The molecule has 230 valence electrons. The summed E-state index contributed by atoms with van der Waals surface area (Å²) in [5.41, 5.74) is 2.32. The van der Waals surface area contributed by atoms with Crippen molar-refractivity contribution in [3.8, 4) is 16.9 Å². The normalized spacial score (nSPS) is 18.2. The van der Waals surface area contributed by atoms with Crippen LogP contribution in [0.2, 0.25) is 0 Å². The number of nitrogens with zero attached hydrogens (tertiary/aromatic N) is 1. The van der Waals surface area contributed by atoms with Crippen LogP contribution in [0.1, 0.15) is 37.8 Å². The Kier molecular flexibility index (Phi) is 9.22. The molecule has 1 saturated carbocycles. The van der Waals surface area contributed by atoms with Gasteiger partial charge in [0.2, 0.25) is 21.8 Å². The summed E-state index contributed by atoms with van der Waals surface area (Å²) in [4.78, 5) is 28.4. The van der Waals surface area contributed by atoms with Gasteiger partial charge in [-0.05, 0) is 53.1 Å². The Morgan fingerprint density at radius 2 is 1.53 bits per heavy atom. The highest BCUT2D eigenvalue weighted by atomic mass is 32.2. The van der Waals surface area contributed by atoms with Crippen molar-refractivity contribution in [1.29, 1.82) is 0 Å². The number of hydrogen-bond acceptors (Lipinski definition) is 5. The van der Waals surface area contributed by atoms with Crippen molar-refractivity contribution in [2.45, 2.75) is 51.0 Å². The van der Waals surface area contributed by atoms with Crippen molar-refractivity contribution in [3.05, 3.63) is 83.9 Å². The quantitative estimate of drug-likeness (QED) is 0.341. The number of hydrogen-bond donors (Lipinski definition) is 2. The molecule has 12 heteroatoms. The first-order chi connectivity index (χ1) is 20.0. The number of carbonyl (C=O) groups excluding carboxylic acids is 2. The molecule has 0 aromatic heterocycles. The number of benzene rings is 3.